The molecule has 1 saturated heterocycles. The van der Waals surface area contributed by atoms with Gasteiger partial charge in [0.25, 0.3) is 5.91 Å². The molecule has 0 aromatic carbocycles. The predicted octanol–water partition coefficient (Wildman–Crippen LogP) is 1.56. The van der Waals surface area contributed by atoms with Crippen LogP contribution < -0.4 is 0 Å². The summed E-state index contributed by atoms with van der Waals surface area (Å²) in [6, 6.07) is -0.204. The number of Topliss-reactive ketones (excluding diaryl/α,β-unsaturated/α-hetero) is 1. The standard InChI is InChI=1S/C14H20N2O3/c1-15-11(18)14(16(2)12(15)19)8-13(9-14)6-3-4-10(17)5-7-13/h3-9H2,1-2H3. The third-order valence-corrected chi connectivity index (χ3v) is 5.35. The number of urea groups is 1. The molecule has 0 unspecified atom stereocenters. The zero-order valence-corrected chi connectivity index (χ0v) is 11.6. The molecule has 3 rings (SSSR count). The minimum atomic E-state index is -0.612. The van der Waals surface area contributed by atoms with Crippen LogP contribution in [0.4, 0.5) is 4.79 Å². The molecule has 0 bridgehead atoms. The van der Waals surface area contributed by atoms with Gasteiger partial charge in [0.15, 0.2) is 0 Å². The molecule has 0 aromatic heterocycles. The van der Waals surface area contributed by atoms with Crippen LogP contribution >= 0.6 is 0 Å². The van der Waals surface area contributed by atoms with Gasteiger partial charge in [0.05, 0.1) is 0 Å². The van der Waals surface area contributed by atoms with Crippen molar-refractivity contribution in [2.45, 2.75) is 50.5 Å². The minimum Gasteiger partial charge on any atom is -0.313 e. The first-order chi connectivity index (χ1) is 8.90. The monoisotopic (exact) mass is 264 g/mol. The van der Waals surface area contributed by atoms with E-state index in [1.165, 1.54) is 4.90 Å². The van der Waals surface area contributed by atoms with Crippen LogP contribution in [0.5, 0.6) is 0 Å². The Balaban J connectivity index is 1.80. The number of likely N-dealkylation sites (N-methyl/N-ethyl adjacent to an activating group) is 2. The number of imide groups is 1. The number of hydrogen-bond acceptors (Lipinski definition) is 3. The third kappa shape index (κ3) is 1.56. The van der Waals surface area contributed by atoms with E-state index in [4.69, 9.17) is 0 Å². The molecule has 2 saturated carbocycles. The zero-order chi connectivity index (χ0) is 13.8. The van der Waals surface area contributed by atoms with Crippen LogP contribution in [0, 0.1) is 5.41 Å². The van der Waals surface area contributed by atoms with Crippen LogP contribution in [-0.4, -0.2) is 47.2 Å². The number of ketones is 1. The summed E-state index contributed by atoms with van der Waals surface area (Å²) in [5.41, 5.74) is -0.499. The highest BCUT2D eigenvalue weighted by Crippen LogP contribution is 2.59. The summed E-state index contributed by atoms with van der Waals surface area (Å²) < 4.78 is 0. The number of amides is 3. The fourth-order valence-electron chi connectivity index (χ4n) is 4.20. The first-order valence-electron chi connectivity index (χ1n) is 6.98. The summed E-state index contributed by atoms with van der Waals surface area (Å²) >= 11 is 0. The summed E-state index contributed by atoms with van der Waals surface area (Å²) in [6.07, 6.45) is 5.61. The lowest BCUT2D eigenvalue weighted by Crippen LogP contribution is -2.62. The van der Waals surface area contributed by atoms with Crippen molar-refractivity contribution in [3.05, 3.63) is 0 Å². The molecule has 5 heteroatoms. The Bertz CT molecular complexity index is 465. The number of hydrogen-bond donors (Lipinski definition) is 0. The van der Waals surface area contributed by atoms with E-state index in [9.17, 15) is 14.4 Å². The van der Waals surface area contributed by atoms with Crippen molar-refractivity contribution < 1.29 is 14.4 Å². The van der Waals surface area contributed by atoms with E-state index in [0.717, 1.165) is 32.1 Å². The first-order valence-corrected chi connectivity index (χ1v) is 6.98. The second kappa shape index (κ2) is 3.81. The second-order valence-corrected chi connectivity index (χ2v) is 6.48. The Morgan fingerprint density at radius 1 is 1.00 bits per heavy atom. The van der Waals surface area contributed by atoms with Gasteiger partial charge < -0.3 is 4.90 Å². The molecule has 3 fully saturated rings. The number of carbonyl (C=O) groups is 3. The van der Waals surface area contributed by atoms with Gasteiger partial charge in [-0.25, -0.2) is 4.79 Å². The van der Waals surface area contributed by atoms with Crippen molar-refractivity contribution in [1.82, 2.24) is 9.80 Å². The molecule has 104 valence electrons. The van der Waals surface area contributed by atoms with Gasteiger partial charge in [-0.1, -0.05) is 0 Å². The van der Waals surface area contributed by atoms with Crippen molar-refractivity contribution in [2.24, 2.45) is 5.41 Å². The Labute approximate surface area is 112 Å². The summed E-state index contributed by atoms with van der Waals surface area (Å²) in [4.78, 5) is 38.5. The van der Waals surface area contributed by atoms with Gasteiger partial charge in [0.1, 0.15) is 11.3 Å². The van der Waals surface area contributed by atoms with E-state index in [2.05, 4.69) is 0 Å². The summed E-state index contributed by atoms with van der Waals surface area (Å²) in [5.74, 6) is 0.276. The Kier molecular flexibility index (Phi) is 2.53. The molecule has 0 radical (unpaired) electrons. The highest BCUT2D eigenvalue weighted by Gasteiger charge is 2.66. The average Bonchev–Trinajstić information content (AvgIpc) is 2.52. The van der Waals surface area contributed by atoms with Gasteiger partial charge in [0, 0.05) is 26.9 Å². The fourth-order valence-corrected chi connectivity index (χ4v) is 4.20. The molecule has 5 nitrogen and oxygen atoms in total. The average molecular weight is 264 g/mol. The van der Waals surface area contributed by atoms with Crippen molar-refractivity contribution in [3.63, 3.8) is 0 Å². The van der Waals surface area contributed by atoms with E-state index in [1.807, 2.05) is 0 Å². The molecule has 2 spiro atoms. The Morgan fingerprint density at radius 3 is 2.26 bits per heavy atom. The van der Waals surface area contributed by atoms with Crippen LogP contribution in [0.2, 0.25) is 0 Å². The summed E-state index contributed by atoms with van der Waals surface area (Å²) in [6.45, 7) is 0. The van der Waals surface area contributed by atoms with Crippen molar-refractivity contribution >= 4 is 17.7 Å². The smallest absolute Gasteiger partial charge is 0.313 e. The molecular formula is C14H20N2O3. The molecule has 0 N–H and O–H groups in total. The maximum atomic E-state index is 12.3. The SMILES string of the molecule is CN1C(=O)N(C)C2(CC3(CCCC(=O)CC3)C2)C1=O. The molecule has 0 aromatic rings. The van der Waals surface area contributed by atoms with Gasteiger partial charge in [-0.05, 0) is 37.5 Å². The molecule has 1 heterocycles. The molecule has 3 aliphatic rings. The Morgan fingerprint density at radius 2 is 1.68 bits per heavy atom. The summed E-state index contributed by atoms with van der Waals surface area (Å²) in [7, 11) is 3.27. The minimum absolute atomic E-state index is 0.0683. The van der Waals surface area contributed by atoms with Crippen molar-refractivity contribution in [1.29, 1.82) is 0 Å². The van der Waals surface area contributed by atoms with E-state index < -0.39 is 5.54 Å². The van der Waals surface area contributed by atoms with Gasteiger partial charge in [0.2, 0.25) is 0 Å². The number of rotatable bonds is 0. The van der Waals surface area contributed by atoms with Crippen LogP contribution in [0.15, 0.2) is 0 Å². The van der Waals surface area contributed by atoms with E-state index in [-0.39, 0.29) is 17.4 Å². The van der Waals surface area contributed by atoms with E-state index >= 15 is 0 Å². The van der Waals surface area contributed by atoms with Gasteiger partial charge in [-0.15, -0.1) is 0 Å². The molecule has 3 amide bonds. The summed E-state index contributed by atoms with van der Waals surface area (Å²) in [5, 5.41) is 0. The normalized spacial score (nSPS) is 39.2. The first kappa shape index (κ1) is 12.6. The van der Waals surface area contributed by atoms with E-state index in [0.29, 0.717) is 18.6 Å². The lowest BCUT2D eigenvalue weighted by Gasteiger charge is -2.55. The van der Waals surface area contributed by atoms with Crippen LogP contribution in [0.3, 0.4) is 0 Å². The van der Waals surface area contributed by atoms with E-state index in [1.54, 1.807) is 19.0 Å². The van der Waals surface area contributed by atoms with Crippen LogP contribution in [0.25, 0.3) is 0 Å². The molecular weight excluding hydrogens is 244 g/mol. The molecule has 19 heavy (non-hydrogen) atoms. The van der Waals surface area contributed by atoms with Crippen LogP contribution in [0.1, 0.15) is 44.9 Å². The second-order valence-electron chi connectivity index (χ2n) is 6.48. The van der Waals surface area contributed by atoms with Crippen LogP contribution in [-0.2, 0) is 9.59 Å². The lowest BCUT2D eigenvalue weighted by molar-refractivity contribution is -0.146. The topological polar surface area (TPSA) is 57.7 Å². The Hall–Kier alpha value is -1.39. The van der Waals surface area contributed by atoms with Gasteiger partial charge in [-0.3, -0.25) is 14.5 Å². The quantitative estimate of drug-likeness (QED) is 0.624. The number of nitrogens with zero attached hydrogens (tertiary/aromatic N) is 2. The number of carbonyl (C=O) groups excluding carboxylic acids is 3. The van der Waals surface area contributed by atoms with Gasteiger partial charge >= 0.3 is 6.03 Å². The zero-order valence-electron chi connectivity index (χ0n) is 11.6. The largest absolute Gasteiger partial charge is 0.327 e. The maximum absolute atomic E-state index is 12.3. The molecule has 2 aliphatic carbocycles. The molecule has 1 aliphatic heterocycles. The predicted molar refractivity (Wildman–Crippen MR) is 68.4 cm³/mol. The highest BCUT2D eigenvalue weighted by atomic mass is 16.2. The van der Waals surface area contributed by atoms with Gasteiger partial charge in [-0.2, -0.15) is 0 Å². The lowest BCUT2D eigenvalue weighted by atomic mass is 9.53. The van der Waals surface area contributed by atoms with Crippen molar-refractivity contribution in [2.75, 3.05) is 14.1 Å². The molecule has 0 atom stereocenters. The van der Waals surface area contributed by atoms with Crippen molar-refractivity contribution in [3.8, 4) is 0 Å². The third-order valence-electron chi connectivity index (χ3n) is 5.35. The maximum Gasteiger partial charge on any atom is 0.327 e. The highest BCUT2D eigenvalue weighted by molar-refractivity contribution is 6.07. The fraction of sp³-hybridized carbons (Fsp3) is 0.786.